The van der Waals surface area contributed by atoms with Gasteiger partial charge in [-0.1, -0.05) is 5.16 Å². The normalized spacial score (nSPS) is 11.5. The topological polar surface area (TPSA) is 69.9 Å². The lowest BCUT2D eigenvalue weighted by atomic mass is 10.1. The van der Waals surface area contributed by atoms with Crippen molar-refractivity contribution in [2.45, 2.75) is 32.6 Å². The fourth-order valence-electron chi connectivity index (χ4n) is 0.707. The summed E-state index contributed by atoms with van der Waals surface area (Å²) in [6, 6.07) is 0. The third-order valence-electron chi connectivity index (χ3n) is 1.35. The number of rotatable bonds is 5. The van der Waals surface area contributed by atoms with Gasteiger partial charge in [0, 0.05) is 6.42 Å². The number of unbranched alkanes of at least 4 members (excludes halogenated alkanes) is 1. The molecule has 4 heteroatoms. The quantitative estimate of drug-likeness (QED) is 0.276. The lowest BCUT2D eigenvalue weighted by Crippen LogP contribution is -1.96. The number of oxime groups is 1. The SMILES string of the molecule is CC(CCCCC(=O)O)=NO. The van der Waals surface area contributed by atoms with Gasteiger partial charge in [-0.2, -0.15) is 0 Å². The summed E-state index contributed by atoms with van der Waals surface area (Å²) in [5.74, 6) is -0.774. The number of carbonyl (C=O) groups is 1. The highest BCUT2D eigenvalue weighted by Gasteiger charge is 1.97. The smallest absolute Gasteiger partial charge is 0.303 e. The Morgan fingerprint density at radius 3 is 2.36 bits per heavy atom. The monoisotopic (exact) mass is 159 g/mol. The first-order valence-electron chi connectivity index (χ1n) is 3.56. The molecule has 0 radical (unpaired) electrons. The molecule has 0 aromatic heterocycles. The van der Waals surface area contributed by atoms with Crippen molar-refractivity contribution < 1.29 is 15.1 Å². The largest absolute Gasteiger partial charge is 0.481 e. The van der Waals surface area contributed by atoms with E-state index in [1.165, 1.54) is 0 Å². The molecule has 0 saturated carbocycles. The van der Waals surface area contributed by atoms with E-state index in [2.05, 4.69) is 5.16 Å². The molecule has 0 aliphatic rings. The summed E-state index contributed by atoms with van der Waals surface area (Å²) in [7, 11) is 0. The summed E-state index contributed by atoms with van der Waals surface area (Å²) < 4.78 is 0. The Balaban J connectivity index is 3.21. The minimum atomic E-state index is -0.774. The zero-order valence-electron chi connectivity index (χ0n) is 6.58. The second-order valence-corrected chi connectivity index (χ2v) is 2.44. The predicted molar refractivity (Wildman–Crippen MR) is 41.0 cm³/mol. The van der Waals surface area contributed by atoms with Gasteiger partial charge in [0.25, 0.3) is 0 Å². The van der Waals surface area contributed by atoms with Crippen molar-refractivity contribution in [1.29, 1.82) is 0 Å². The van der Waals surface area contributed by atoms with Crippen LogP contribution in [0, 0.1) is 0 Å². The zero-order chi connectivity index (χ0) is 8.69. The maximum atomic E-state index is 10.0. The number of hydrogen-bond acceptors (Lipinski definition) is 3. The molecule has 0 aliphatic heterocycles. The molecule has 0 fully saturated rings. The van der Waals surface area contributed by atoms with Crippen LogP contribution in [-0.4, -0.2) is 22.0 Å². The molecular weight excluding hydrogens is 146 g/mol. The van der Waals surface area contributed by atoms with E-state index in [-0.39, 0.29) is 6.42 Å². The Bertz CT molecular complexity index is 154. The first-order chi connectivity index (χ1) is 5.16. The fraction of sp³-hybridized carbons (Fsp3) is 0.714. The van der Waals surface area contributed by atoms with Crippen LogP contribution in [0.5, 0.6) is 0 Å². The van der Waals surface area contributed by atoms with Crippen LogP contribution in [0.2, 0.25) is 0 Å². The first-order valence-corrected chi connectivity index (χ1v) is 3.56. The number of nitrogens with zero attached hydrogens (tertiary/aromatic N) is 1. The maximum absolute atomic E-state index is 10.0. The zero-order valence-corrected chi connectivity index (χ0v) is 6.58. The second-order valence-electron chi connectivity index (χ2n) is 2.44. The van der Waals surface area contributed by atoms with Crippen LogP contribution in [0.3, 0.4) is 0 Å². The average Bonchev–Trinajstić information content (AvgIpc) is 1.97. The Morgan fingerprint density at radius 2 is 1.91 bits per heavy atom. The molecule has 0 aromatic carbocycles. The van der Waals surface area contributed by atoms with Gasteiger partial charge in [0.05, 0.1) is 5.71 Å². The van der Waals surface area contributed by atoms with Crippen LogP contribution < -0.4 is 0 Å². The highest BCUT2D eigenvalue weighted by Crippen LogP contribution is 2.00. The van der Waals surface area contributed by atoms with Gasteiger partial charge in [0.1, 0.15) is 0 Å². The Morgan fingerprint density at radius 1 is 1.36 bits per heavy atom. The summed E-state index contributed by atoms with van der Waals surface area (Å²) in [6.45, 7) is 1.71. The highest BCUT2D eigenvalue weighted by molar-refractivity contribution is 5.81. The van der Waals surface area contributed by atoms with E-state index in [0.29, 0.717) is 18.6 Å². The molecule has 0 heterocycles. The van der Waals surface area contributed by atoms with Gasteiger partial charge < -0.3 is 10.3 Å². The fourth-order valence-corrected chi connectivity index (χ4v) is 0.707. The third kappa shape index (κ3) is 6.83. The van der Waals surface area contributed by atoms with Crippen LogP contribution in [0.15, 0.2) is 5.16 Å². The van der Waals surface area contributed by atoms with Gasteiger partial charge in [-0.3, -0.25) is 4.79 Å². The number of aliphatic carboxylic acids is 1. The van der Waals surface area contributed by atoms with Gasteiger partial charge in [-0.15, -0.1) is 0 Å². The Labute approximate surface area is 65.5 Å². The predicted octanol–water partition coefficient (Wildman–Crippen LogP) is 1.48. The first kappa shape index (κ1) is 9.94. The molecule has 0 atom stereocenters. The van der Waals surface area contributed by atoms with Crippen molar-refractivity contribution in [2.75, 3.05) is 0 Å². The summed E-state index contributed by atoms with van der Waals surface area (Å²) in [4.78, 5) is 10.0. The molecule has 0 spiro atoms. The van der Waals surface area contributed by atoms with Crippen LogP contribution >= 0.6 is 0 Å². The lowest BCUT2D eigenvalue weighted by molar-refractivity contribution is -0.137. The molecule has 2 N–H and O–H groups in total. The van der Waals surface area contributed by atoms with Crippen molar-refractivity contribution in [3.63, 3.8) is 0 Å². The minimum absolute atomic E-state index is 0.193. The summed E-state index contributed by atoms with van der Waals surface area (Å²) in [5, 5.41) is 19.4. The van der Waals surface area contributed by atoms with Crippen molar-refractivity contribution in [2.24, 2.45) is 5.16 Å². The standard InChI is InChI=1S/C7H13NO3/c1-6(8-11)4-2-3-5-7(9)10/h11H,2-5H2,1H3,(H,9,10). The molecule has 0 saturated heterocycles. The molecule has 11 heavy (non-hydrogen) atoms. The van der Waals surface area contributed by atoms with Crippen LogP contribution in [0.4, 0.5) is 0 Å². The molecule has 0 unspecified atom stereocenters. The molecule has 0 rings (SSSR count). The molecule has 64 valence electrons. The van der Waals surface area contributed by atoms with E-state index in [4.69, 9.17) is 10.3 Å². The maximum Gasteiger partial charge on any atom is 0.303 e. The van der Waals surface area contributed by atoms with Crippen LogP contribution in [0.1, 0.15) is 32.6 Å². The molecule has 0 aromatic rings. The van der Waals surface area contributed by atoms with Crippen LogP contribution in [0.25, 0.3) is 0 Å². The molecular formula is C7H13NO3. The van der Waals surface area contributed by atoms with Gasteiger partial charge >= 0.3 is 5.97 Å². The van der Waals surface area contributed by atoms with Gasteiger partial charge in [-0.25, -0.2) is 0 Å². The van der Waals surface area contributed by atoms with Gasteiger partial charge in [0.2, 0.25) is 0 Å². The number of carboxylic acids is 1. The number of carboxylic acid groups (broad SMARTS) is 1. The van der Waals surface area contributed by atoms with Gasteiger partial charge in [0.15, 0.2) is 0 Å². The second kappa shape index (κ2) is 5.70. The number of hydrogen-bond donors (Lipinski definition) is 2. The average molecular weight is 159 g/mol. The Hall–Kier alpha value is -1.06. The van der Waals surface area contributed by atoms with E-state index >= 15 is 0 Å². The molecule has 4 nitrogen and oxygen atoms in total. The van der Waals surface area contributed by atoms with Crippen molar-refractivity contribution in [3.05, 3.63) is 0 Å². The van der Waals surface area contributed by atoms with E-state index < -0.39 is 5.97 Å². The molecule has 0 amide bonds. The van der Waals surface area contributed by atoms with E-state index in [9.17, 15) is 4.79 Å². The highest BCUT2D eigenvalue weighted by atomic mass is 16.4. The van der Waals surface area contributed by atoms with E-state index in [0.717, 1.165) is 6.42 Å². The van der Waals surface area contributed by atoms with Crippen molar-refractivity contribution in [3.8, 4) is 0 Å². The third-order valence-corrected chi connectivity index (χ3v) is 1.35. The van der Waals surface area contributed by atoms with Crippen molar-refractivity contribution in [1.82, 2.24) is 0 Å². The Kier molecular flexibility index (Phi) is 5.15. The van der Waals surface area contributed by atoms with E-state index in [1.807, 2.05) is 0 Å². The molecule has 0 aliphatic carbocycles. The summed E-state index contributed by atoms with van der Waals surface area (Å²) in [5.41, 5.74) is 0.649. The van der Waals surface area contributed by atoms with Gasteiger partial charge in [-0.05, 0) is 26.2 Å². The van der Waals surface area contributed by atoms with E-state index in [1.54, 1.807) is 6.92 Å². The van der Waals surface area contributed by atoms with Crippen LogP contribution in [-0.2, 0) is 4.79 Å². The molecule has 0 bridgehead atoms. The minimum Gasteiger partial charge on any atom is -0.481 e. The summed E-state index contributed by atoms with van der Waals surface area (Å²) in [6.07, 6.45) is 2.27. The lowest BCUT2D eigenvalue weighted by Gasteiger charge is -1.95. The van der Waals surface area contributed by atoms with Crippen molar-refractivity contribution >= 4 is 11.7 Å². The summed E-state index contributed by atoms with van der Waals surface area (Å²) >= 11 is 0.